The molecule has 6 nitrogen and oxygen atoms in total. The van der Waals surface area contributed by atoms with Gasteiger partial charge in [-0.15, -0.1) is 0 Å². The molecule has 0 spiro atoms. The van der Waals surface area contributed by atoms with Crippen LogP contribution in [-0.4, -0.2) is 24.3 Å². The van der Waals surface area contributed by atoms with Crippen molar-refractivity contribution < 1.29 is 14.4 Å². The van der Waals surface area contributed by atoms with Crippen LogP contribution in [0.1, 0.15) is 77.0 Å². The minimum Gasteiger partial charge on any atom is -0.347 e. The van der Waals surface area contributed by atoms with E-state index in [9.17, 15) is 14.4 Å². The Morgan fingerprint density at radius 2 is 1.33 bits per heavy atom. The number of carbonyl (C=O) groups excluding carboxylic acids is 3. The first-order valence-electron chi connectivity index (χ1n) is 10.9. The Morgan fingerprint density at radius 1 is 0.778 bits per heavy atom. The molecule has 6 heteroatoms. The van der Waals surface area contributed by atoms with Crippen LogP contribution in [0.3, 0.4) is 0 Å². The Balaban J connectivity index is 1.17. The van der Waals surface area contributed by atoms with Crippen LogP contribution in [0.15, 0.2) is 0 Å². The van der Waals surface area contributed by atoms with Crippen LogP contribution in [-0.2, 0) is 14.4 Å². The van der Waals surface area contributed by atoms with Crippen molar-refractivity contribution in [2.24, 2.45) is 29.1 Å². The molecule has 27 heavy (non-hydrogen) atoms. The highest BCUT2D eigenvalue weighted by molar-refractivity contribution is 5.87. The smallest absolute Gasteiger partial charge is 0.257 e. The Hall–Kier alpha value is -1.59. The van der Waals surface area contributed by atoms with Gasteiger partial charge in [-0.2, -0.15) is 0 Å². The van der Waals surface area contributed by atoms with Gasteiger partial charge in [0.1, 0.15) is 0 Å². The van der Waals surface area contributed by atoms with Crippen LogP contribution in [0.5, 0.6) is 0 Å². The molecule has 0 aromatic carbocycles. The number of carbonyl (C=O) groups is 3. The second-order valence-corrected chi connectivity index (χ2v) is 9.74. The molecule has 3 N–H and O–H groups in total. The van der Waals surface area contributed by atoms with Crippen molar-refractivity contribution in [3.05, 3.63) is 0 Å². The molecular weight excluding hydrogens is 342 g/mol. The molecule has 0 radical (unpaired) electrons. The second kappa shape index (κ2) is 7.80. The second-order valence-electron chi connectivity index (χ2n) is 9.74. The molecule has 150 valence electrons. The van der Waals surface area contributed by atoms with E-state index in [1.54, 1.807) is 0 Å². The van der Waals surface area contributed by atoms with E-state index < -0.39 is 0 Å². The maximum atomic E-state index is 12.4. The van der Waals surface area contributed by atoms with Gasteiger partial charge in [0.05, 0.1) is 6.54 Å². The average Bonchev–Trinajstić information content (AvgIpc) is 2.63. The van der Waals surface area contributed by atoms with E-state index in [0.29, 0.717) is 6.42 Å². The molecule has 4 bridgehead atoms. The van der Waals surface area contributed by atoms with E-state index >= 15 is 0 Å². The zero-order valence-corrected chi connectivity index (χ0v) is 16.2. The zero-order chi connectivity index (χ0) is 18.9. The molecule has 5 rings (SSSR count). The summed E-state index contributed by atoms with van der Waals surface area (Å²) in [6, 6.07) is 0. The van der Waals surface area contributed by atoms with Gasteiger partial charge < -0.3 is 5.32 Å². The third-order valence-corrected chi connectivity index (χ3v) is 7.44. The van der Waals surface area contributed by atoms with Gasteiger partial charge in [0.2, 0.25) is 11.8 Å². The SMILES string of the molecule is O=C(CNC(=O)C1CCCCC1)NNC(=O)CC12CC3CC(CC(C3)C1)C2. The maximum absolute atomic E-state index is 12.4. The number of hydrogen-bond acceptors (Lipinski definition) is 3. The van der Waals surface area contributed by atoms with Crippen molar-refractivity contribution in [2.75, 3.05) is 6.54 Å². The summed E-state index contributed by atoms with van der Waals surface area (Å²) < 4.78 is 0. The van der Waals surface area contributed by atoms with E-state index in [2.05, 4.69) is 16.2 Å². The molecule has 0 aliphatic heterocycles. The normalized spacial score (nSPS) is 34.9. The minimum atomic E-state index is -0.363. The number of hydrogen-bond donors (Lipinski definition) is 3. The highest BCUT2D eigenvalue weighted by atomic mass is 16.2. The first kappa shape index (κ1) is 18.8. The van der Waals surface area contributed by atoms with Crippen molar-refractivity contribution in [2.45, 2.75) is 77.0 Å². The highest BCUT2D eigenvalue weighted by Crippen LogP contribution is 2.61. The summed E-state index contributed by atoms with van der Waals surface area (Å²) in [5, 5.41) is 2.70. The topological polar surface area (TPSA) is 87.3 Å². The van der Waals surface area contributed by atoms with Crippen molar-refractivity contribution in [1.29, 1.82) is 0 Å². The first-order valence-corrected chi connectivity index (χ1v) is 10.9. The summed E-state index contributed by atoms with van der Waals surface area (Å²) in [4.78, 5) is 36.4. The Labute approximate surface area is 161 Å². The third kappa shape index (κ3) is 4.46. The molecule has 5 saturated carbocycles. The Kier molecular flexibility index (Phi) is 5.42. The summed E-state index contributed by atoms with van der Waals surface area (Å²) in [6.07, 6.45) is 13.3. The van der Waals surface area contributed by atoms with E-state index in [1.807, 2.05) is 0 Å². The average molecular weight is 376 g/mol. The number of rotatable bonds is 5. The van der Waals surface area contributed by atoms with Gasteiger partial charge >= 0.3 is 0 Å². The molecule has 5 aliphatic rings. The molecule has 0 atom stereocenters. The minimum absolute atomic E-state index is 0.0373. The van der Waals surface area contributed by atoms with E-state index in [0.717, 1.165) is 43.4 Å². The van der Waals surface area contributed by atoms with E-state index in [1.165, 1.54) is 44.9 Å². The zero-order valence-electron chi connectivity index (χ0n) is 16.2. The molecule has 3 amide bonds. The van der Waals surface area contributed by atoms with Gasteiger partial charge in [0.25, 0.3) is 5.91 Å². The molecular formula is C21H33N3O3. The van der Waals surface area contributed by atoms with Crippen molar-refractivity contribution in [3.63, 3.8) is 0 Å². The Morgan fingerprint density at radius 3 is 1.93 bits per heavy atom. The van der Waals surface area contributed by atoms with Crippen LogP contribution in [0.25, 0.3) is 0 Å². The predicted octanol–water partition coefficient (Wildman–Crippen LogP) is 2.44. The van der Waals surface area contributed by atoms with Crippen LogP contribution in [0.2, 0.25) is 0 Å². The molecule has 0 aromatic heterocycles. The van der Waals surface area contributed by atoms with E-state index in [4.69, 9.17) is 0 Å². The molecule has 0 heterocycles. The van der Waals surface area contributed by atoms with Crippen molar-refractivity contribution in [1.82, 2.24) is 16.2 Å². The fourth-order valence-corrected chi connectivity index (χ4v) is 6.75. The van der Waals surface area contributed by atoms with Gasteiger partial charge in [-0.25, -0.2) is 0 Å². The van der Waals surface area contributed by atoms with Gasteiger partial charge in [-0.05, 0) is 74.5 Å². The summed E-state index contributed by atoms with van der Waals surface area (Å²) in [7, 11) is 0. The molecule has 0 unspecified atom stereocenters. The maximum Gasteiger partial charge on any atom is 0.257 e. The number of amides is 3. The third-order valence-electron chi connectivity index (χ3n) is 7.44. The quantitative estimate of drug-likeness (QED) is 0.645. The number of nitrogens with one attached hydrogen (secondary N) is 3. The van der Waals surface area contributed by atoms with Crippen LogP contribution >= 0.6 is 0 Å². The van der Waals surface area contributed by atoms with Gasteiger partial charge in [0, 0.05) is 12.3 Å². The van der Waals surface area contributed by atoms with E-state index in [-0.39, 0.29) is 35.6 Å². The van der Waals surface area contributed by atoms with Gasteiger partial charge in [0.15, 0.2) is 0 Å². The van der Waals surface area contributed by atoms with Crippen LogP contribution < -0.4 is 16.2 Å². The van der Waals surface area contributed by atoms with Crippen molar-refractivity contribution in [3.8, 4) is 0 Å². The summed E-state index contributed by atoms with van der Waals surface area (Å²) >= 11 is 0. The largest absolute Gasteiger partial charge is 0.347 e. The fourth-order valence-electron chi connectivity index (χ4n) is 6.75. The lowest BCUT2D eigenvalue weighted by molar-refractivity contribution is -0.134. The predicted molar refractivity (Wildman–Crippen MR) is 101 cm³/mol. The summed E-state index contributed by atoms with van der Waals surface area (Å²) in [5.41, 5.74) is 5.21. The van der Waals surface area contributed by atoms with Gasteiger partial charge in [-0.3, -0.25) is 25.2 Å². The summed E-state index contributed by atoms with van der Waals surface area (Å²) in [5.74, 6) is 1.99. The Bertz CT molecular complexity index is 562. The van der Waals surface area contributed by atoms with Crippen LogP contribution in [0.4, 0.5) is 0 Å². The fraction of sp³-hybridized carbons (Fsp3) is 0.857. The monoisotopic (exact) mass is 375 g/mol. The molecule has 0 aromatic rings. The lowest BCUT2D eigenvalue weighted by Crippen LogP contribution is -2.51. The molecule has 5 aliphatic carbocycles. The van der Waals surface area contributed by atoms with Crippen LogP contribution in [0, 0.1) is 29.1 Å². The first-order chi connectivity index (χ1) is 13.0. The lowest BCUT2D eigenvalue weighted by Gasteiger charge is -2.56. The molecule has 0 saturated heterocycles. The highest BCUT2D eigenvalue weighted by Gasteiger charge is 2.51. The molecule has 5 fully saturated rings. The number of hydrazine groups is 1. The van der Waals surface area contributed by atoms with Gasteiger partial charge in [-0.1, -0.05) is 19.3 Å². The summed E-state index contributed by atoms with van der Waals surface area (Å²) in [6.45, 7) is -0.0764. The van der Waals surface area contributed by atoms with Crippen molar-refractivity contribution >= 4 is 17.7 Å². The lowest BCUT2D eigenvalue weighted by atomic mass is 9.49. The standard InChI is InChI=1S/C21H33N3O3/c25-18(12-21-9-14-6-15(10-21)8-16(7-14)11-21)23-24-19(26)13-22-20(27)17-4-2-1-3-5-17/h14-17H,1-13H2,(H,22,27)(H,23,25)(H,24,26).